The Kier molecular flexibility index (Phi) is 11.3. The Balaban J connectivity index is 0.00000441. The summed E-state index contributed by atoms with van der Waals surface area (Å²) in [6, 6.07) is 4.18. The summed E-state index contributed by atoms with van der Waals surface area (Å²) >= 11 is 1.75. The van der Waals surface area contributed by atoms with Crippen LogP contribution in [0.4, 0.5) is 0 Å². The monoisotopic (exact) mass is 438 g/mol. The highest BCUT2D eigenvalue weighted by atomic mass is 127. The number of rotatable bonds is 7. The fraction of sp³-hybridized carbons (Fsp3) is 0.600. The molecule has 1 heterocycles. The van der Waals surface area contributed by atoms with E-state index in [4.69, 9.17) is 0 Å². The number of likely N-dealkylation sites (N-methyl/N-ethyl adjacent to an activating group) is 1. The third-order valence-electron chi connectivity index (χ3n) is 2.79. The summed E-state index contributed by atoms with van der Waals surface area (Å²) < 4.78 is 0. The van der Waals surface area contributed by atoms with Crippen molar-refractivity contribution in [3.8, 4) is 0 Å². The minimum Gasteiger partial charge on any atom is -0.356 e. The minimum atomic E-state index is -0.00102. The summed E-state index contributed by atoms with van der Waals surface area (Å²) in [6.07, 6.45) is 0.960. The third kappa shape index (κ3) is 9.24. The Hall–Kier alpha value is -0.830. The van der Waals surface area contributed by atoms with Gasteiger partial charge in [0.25, 0.3) is 0 Å². The molecular weight excluding hydrogens is 411 g/mol. The summed E-state index contributed by atoms with van der Waals surface area (Å²) in [6.45, 7) is 6.09. The molecule has 5 nitrogen and oxygen atoms in total. The van der Waals surface area contributed by atoms with Gasteiger partial charge in [0.15, 0.2) is 5.96 Å². The van der Waals surface area contributed by atoms with E-state index in [0.29, 0.717) is 11.9 Å². The van der Waals surface area contributed by atoms with E-state index in [9.17, 15) is 4.79 Å². The van der Waals surface area contributed by atoms with Crippen molar-refractivity contribution in [3.05, 3.63) is 22.4 Å². The van der Waals surface area contributed by atoms with Crippen LogP contribution in [0.1, 0.15) is 18.7 Å². The zero-order chi connectivity index (χ0) is 15.7. The summed E-state index contributed by atoms with van der Waals surface area (Å²) in [7, 11) is 3.48. The summed E-state index contributed by atoms with van der Waals surface area (Å²) in [5, 5.41) is 8.63. The molecule has 0 aliphatic heterocycles. The van der Waals surface area contributed by atoms with E-state index in [0.717, 1.165) is 19.5 Å². The number of thiophene rings is 1. The van der Waals surface area contributed by atoms with Gasteiger partial charge in [-0.15, -0.1) is 35.3 Å². The van der Waals surface area contributed by atoms with Crippen molar-refractivity contribution in [2.45, 2.75) is 20.3 Å². The van der Waals surface area contributed by atoms with Crippen LogP contribution in [-0.2, 0) is 11.2 Å². The van der Waals surface area contributed by atoms with Gasteiger partial charge in [-0.2, -0.15) is 0 Å². The number of amides is 1. The molecule has 0 unspecified atom stereocenters. The molecule has 126 valence electrons. The lowest BCUT2D eigenvalue weighted by Crippen LogP contribution is -2.41. The SMILES string of the molecule is CC(C)CNC(=NCC(=O)N(C)C)NCCc1cccs1.I. The molecule has 1 amide bonds. The maximum absolute atomic E-state index is 11.6. The highest BCUT2D eigenvalue weighted by molar-refractivity contribution is 14.0. The van der Waals surface area contributed by atoms with Crippen molar-refractivity contribution in [2.75, 3.05) is 33.7 Å². The number of hydrogen-bond donors (Lipinski definition) is 2. The first-order valence-corrected chi connectivity index (χ1v) is 8.11. The van der Waals surface area contributed by atoms with Gasteiger partial charge >= 0.3 is 0 Å². The van der Waals surface area contributed by atoms with Gasteiger partial charge in [-0.1, -0.05) is 19.9 Å². The molecule has 0 aromatic carbocycles. The second kappa shape index (κ2) is 11.7. The zero-order valence-electron chi connectivity index (χ0n) is 13.8. The number of halogens is 1. The average molecular weight is 438 g/mol. The predicted octanol–water partition coefficient (Wildman–Crippen LogP) is 2.19. The molecule has 1 rings (SSSR count). The first kappa shape index (κ1) is 21.2. The van der Waals surface area contributed by atoms with Crippen molar-refractivity contribution < 1.29 is 4.79 Å². The molecule has 0 spiro atoms. The molecule has 22 heavy (non-hydrogen) atoms. The van der Waals surface area contributed by atoms with Crippen molar-refractivity contribution in [2.24, 2.45) is 10.9 Å². The standard InChI is InChI=1S/C15H26N4OS.HI/c1-12(2)10-17-15(18-11-14(20)19(3)4)16-8-7-13-6-5-9-21-13;/h5-6,9,12H,7-8,10-11H2,1-4H3,(H2,16,17,18);1H. The molecule has 1 aromatic heterocycles. The number of carbonyl (C=O) groups is 1. The van der Waals surface area contributed by atoms with Crippen LogP contribution in [0.5, 0.6) is 0 Å². The molecule has 0 saturated heterocycles. The number of carbonyl (C=O) groups excluding carboxylic acids is 1. The molecule has 0 fully saturated rings. The smallest absolute Gasteiger partial charge is 0.243 e. The van der Waals surface area contributed by atoms with E-state index in [2.05, 4.69) is 47.0 Å². The number of guanidine groups is 1. The lowest BCUT2D eigenvalue weighted by molar-refractivity contribution is -0.127. The van der Waals surface area contributed by atoms with Crippen molar-refractivity contribution in [1.82, 2.24) is 15.5 Å². The summed E-state index contributed by atoms with van der Waals surface area (Å²) in [5.41, 5.74) is 0. The van der Waals surface area contributed by atoms with Crippen molar-refractivity contribution >= 4 is 47.2 Å². The van der Waals surface area contributed by atoms with E-state index >= 15 is 0 Å². The Morgan fingerprint density at radius 2 is 2.09 bits per heavy atom. The molecule has 2 N–H and O–H groups in total. The maximum Gasteiger partial charge on any atom is 0.243 e. The van der Waals surface area contributed by atoms with Crippen LogP contribution in [0.2, 0.25) is 0 Å². The van der Waals surface area contributed by atoms with Crippen molar-refractivity contribution in [1.29, 1.82) is 0 Å². The minimum absolute atomic E-state index is 0. The van der Waals surface area contributed by atoms with Gasteiger partial charge in [0.1, 0.15) is 6.54 Å². The maximum atomic E-state index is 11.6. The van der Waals surface area contributed by atoms with Gasteiger partial charge in [-0.3, -0.25) is 4.79 Å². The van der Waals surface area contributed by atoms with E-state index < -0.39 is 0 Å². The van der Waals surface area contributed by atoms with Crippen molar-refractivity contribution in [3.63, 3.8) is 0 Å². The van der Waals surface area contributed by atoms with E-state index in [1.165, 1.54) is 4.88 Å². The Morgan fingerprint density at radius 1 is 1.36 bits per heavy atom. The fourth-order valence-electron chi connectivity index (χ4n) is 1.52. The number of nitrogens with one attached hydrogen (secondary N) is 2. The van der Waals surface area contributed by atoms with Gasteiger partial charge in [0.2, 0.25) is 5.91 Å². The van der Waals surface area contributed by atoms with E-state index in [1.54, 1.807) is 30.3 Å². The topological polar surface area (TPSA) is 56.7 Å². The number of hydrogen-bond acceptors (Lipinski definition) is 3. The lowest BCUT2D eigenvalue weighted by atomic mass is 10.2. The van der Waals surface area contributed by atoms with Crippen LogP contribution >= 0.6 is 35.3 Å². The molecule has 0 aliphatic carbocycles. The Labute approximate surface area is 154 Å². The first-order valence-electron chi connectivity index (χ1n) is 7.23. The van der Waals surface area contributed by atoms with E-state index in [1.807, 2.05) is 0 Å². The molecule has 0 radical (unpaired) electrons. The quantitative estimate of drug-likeness (QED) is 0.390. The lowest BCUT2D eigenvalue weighted by Gasteiger charge is -2.14. The summed E-state index contributed by atoms with van der Waals surface area (Å²) in [5.74, 6) is 1.23. The van der Waals surface area contributed by atoms with Gasteiger partial charge in [-0.25, -0.2) is 4.99 Å². The van der Waals surface area contributed by atoms with Crippen LogP contribution in [0.3, 0.4) is 0 Å². The summed E-state index contributed by atoms with van der Waals surface area (Å²) in [4.78, 5) is 18.8. The first-order chi connectivity index (χ1) is 9.99. The molecule has 0 aliphatic rings. The second-order valence-corrected chi connectivity index (χ2v) is 6.52. The number of aliphatic imine (C=N–C) groups is 1. The van der Waals surface area contributed by atoms with E-state index in [-0.39, 0.29) is 36.4 Å². The second-order valence-electron chi connectivity index (χ2n) is 5.48. The fourth-order valence-corrected chi connectivity index (χ4v) is 2.23. The molecule has 0 atom stereocenters. The van der Waals surface area contributed by atoms with Crippen LogP contribution in [0, 0.1) is 5.92 Å². The Bertz CT molecular complexity index is 446. The van der Waals surface area contributed by atoms with Gasteiger partial charge in [0, 0.05) is 32.1 Å². The predicted molar refractivity (Wildman–Crippen MR) is 105 cm³/mol. The molecule has 0 saturated carbocycles. The third-order valence-corrected chi connectivity index (χ3v) is 3.73. The highest BCUT2D eigenvalue weighted by Gasteiger charge is 2.05. The molecule has 1 aromatic rings. The molecule has 7 heteroatoms. The van der Waals surface area contributed by atoms with Gasteiger partial charge in [0.05, 0.1) is 0 Å². The van der Waals surface area contributed by atoms with Gasteiger partial charge < -0.3 is 15.5 Å². The van der Waals surface area contributed by atoms with Crippen LogP contribution in [0.15, 0.2) is 22.5 Å². The average Bonchev–Trinajstić information content (AvgIpc) is 2.93. The number of nitrogens with zero attached hydrogens (tertiary/aromatic N) is 2. The normalized spacial score (nSPS) is 11.0. The molecular formula is C15H27IN4OS. The highest BCUT2D eigenvalue weighted by Crippen LogP contribution is 2.07. The zero-order valence-corrected chi connectivity index (χ0v) is 16.9. The van der Waals surface area contributed by atoms with Gasteiger partial charge in [-0.05, 0) is 23.8 Å². The molecule has 0 bridgehead atoms. The van der Waals surface area contributed by atoms with Crippen LogP contribution < -0.4 is 10.6 Å². The Morgan fingerprint density at radius 3 is 2.64 bits per heavy atom. The van der Waals surface area contributed by atoms with Crippen LogP contribution in [0.25, 0.3) is 0 Å². The van der Waals surface area contributed by atoms with Crippen LogP contribution in [-0.4, -0.2) is 50.5 Å². The largest absolute Gasteiger partial charge is 0.356 e.